The fourth-order valence-corrected chi connectivity index (χ4v) is 3.04. The minimum absolute atomic E-state index is 0.0807. The highest BCUT2D eigenvalue weighted by atomic mass is 79.9. The molecule has 0 unspecified atom stereocenters. The molecule has 0 spiro atoms. The molecule has 24 heavy (non-hydrogen) atoms. The zero-order valence-corrected chi connectivity index (χ0v) is 15.1. The van der Waals surface area contributed by atoms with Crippen LogP contribution in [-0.4, -0.2) is 32.3 Å². The molecule has 124 valence electrons. The number of aryl methyl sites for hydroxylation is 2. The number of anilines is 1. The van der Waals surface area contributed by atoms with Crippen molar-refractivity contribution in [2.24, 2.45) is 7.05 Å². The molecule has 2 heterocycles. The van der Waals surface area contributed by atoms with Gasteiger partial charge in [-0.3, -0.25) is 18.8 Å². The number of carbonyl (C=O) groups is 1. The minimum Gasteiger partial charge on any atom is -0.314 e. The highest BCUT2D eigenvalue weighted by Crippen LogP contribution is 2.23. The Balaban J connectivity index is 1.89. The maximum absolute atomic E-state index is 12.5. The number of hydrogen-bond donors (Lipinski definition) is 0. The number of hydrogen-bond acceptors (Lipinski definition) is 4. The Labute approximate surface area is 146 Å². The SMILES string of the molecule is Cc1cc(Br)ccc1N(C)C(=O)Cn1cnc2c(cnn2C)c1=O. The van der Waals surface area contributed by atoms with E-state index in [0.29, 0.717) is 11.0 Å². The van der Waals surface area contributed by atoms with Crippen LogP contribution in [-0.2, 0) is 18.4 Å². The average Bonchev–Trinajstić information content (AvgIpc) is 2.91. The van der Waals surface area contributed by atoms with Crippen LogP contribution in [0.1, 0.15) is 5.56 Å². The zero-order chi connectivity index (χ0) is 17.4. The van der Waals surface area contributed by atoms with E-state index in [1.165, 1.54) is 21.8 Å². The third-order valence-corrected chi connectivity index (χ3v) is 4.41. The summed E-state index contributed by atoms with van der Waals surface area (Å²) in [5.41, 5.74) is 1.99. The van der Waals surface area contributed by atoms with E-state index in [1.54, 1.807) is 19.0 Å². The van der Waals surface area contributed by atoms with Gasteiger partial charge in [0.05, 0.1) is 6.20 Å². The Kier molecular flexibility index (Phi) is 4.23. The Hall–Kier alpha value is -2.48. The van der Waals surface area contributed by atoms with Crippen LogP contribution in [0.2, 0.25) is 0 Å². The molecule has 2 aromatic heterocycles. The molecule has 7 nitrogen and oxygen atoms in total. The predicted molar refractivity (Wildman–Crippen MR) is 95.1 cm³/mol. The Morgan fingerprint density at radius 3 is 2.83 bits per heavy atom. The maximum Gasteiger partial charge on any atom is 0.264 e. The second-order valence-electron chi connectivity index (χ2n) is 5.57. The molecule has 3 aromatic rings. The topological polar surface area (TPSA) is 73.0 Å². The summed E-state index contributed by atoms with van der Waals surface area (Å²) in [6.45, 7) is 1.85. The third kappa shape index (κ3) is 2.84. The normalized spacial score (nSPS) is 11.0. The van der Waals surface area contributed by atoms with Crippen molar-refractivity contribution in [2.75, 3.05) is 11.9 Å². The molecule has 0 atom stereocenters. The van der Waals surface area contributed by atoms with Crippen LogP contribution in [0.25, 0.3) is 11.0 Å². The summed E-state index contributed by atoms with van der Waals surface area (Å²) < 4.78 is 3.78. The van der Waals surface area contributed by atoms with E-state index in [9.17, 15) is 9.59 Å². The van der Waals surface area contributed by atoms with Crippen molar-refractivity contribution in [3.63, 3.8) is 0 Å². The van der Waals surface area contributed by atoms with Gasteiger partial charge < -0.3 is 4.90 Å². The Morgan fingerprint density at radius 2 is 2.12 bits per heavy atom. The summed E-state index contributed by atoms with van der Waals surface area (Å²) in [5, 5.41) is 4.42. The Morgan fingerprint density at radius 1 is 1.38 bits per heavy atom. The van der Waals surface area contributed by atoms with Gasteiger partial charge in [-0.2, -0.15) is 5.10 Å². The quantitative estimate of drug-likeness (QED) is 0.685. The summed E-state index contributed by atoms with van der Waals surface area (Å²) in [7, 11) is 3.41. The van der Waals surface area contributed by atoms with Gasteiger partial charge in [0.25, 0.3) is 5.56 Å². The minimum atomic E-state index is -0.276. The number of aromatic nitrogens is 4. The first-order valence-corrected chi connectivity index (χ1v) is 8.07. The van der Waals surface area contributed by atoms with E-state index in [4.69, 9.17) is 0 Å². The van der Waals surface area contributed by atoms with E-state index in [-0.39, 0.29) is 18.0 Å². The third-order valence-electron chi connectivity index (χ3n) is 3.92. The van der Waals surface area contributed by atoms with Crippen LogP contribution in [0, 0.1) is 6.92 Å². The summed E-state index contributed by atoms with van der Waals surface area (Å²) >= 11 is 3.41. The molecule has 0 saturated carbocycles. The summed E-state index contributed by atoms with van der Waals surface area (Å²) in [4.78, 5) is 30.7. The molecule has 0 bridgehead atoms. The standard InChI is InChI=1S/C16H16BrN5O2/c1-10-6-11(17)4-5-13(10)20(2)14(23)8-22-9-18-15-12(16(22)24)7-19-21(15)3/h4-7,9H,8H2,1-3H3. The molecular formula is C16H16BrN5O2. The summed E-state index contributed by atoms with van der Waals surface area (Å²) in [6, 6.07) is 5.68. The lowest BCUT2D eigenvalue weighted by Crippen LogP contribution is -2.34. The number of amides is 1. The Bertz CT molecular complexity index is 992. The van der Waals surface area contributed by atoms with Crippen molar-refractivity contribution in [2.45, 2.75) is 13.5 Å². The van der Waals surface area contributed by atoms with Crippen LogP contribution in [0.5, 0.6) is 0 Å². The highest BCUT2D eigenvalue weighted by Gasteiger charge is 2.16. The smallest absolute Gasteiger partial charge is 0.264 e. The first-order chi connectivity index (χ1) is 11.4. The molecular weight excluding hydrogens is 374 g/mol. The molecule has 3 rings (SSSR count). The van der Waals surface area contributed by atoms with Crippen LogP contribution in [0.3, 0.4) is 0 Å². The van der Waals surface area contributed by atoms with Crippen LogP contribution >= 0.6 is 15.9 Å². The second kappa shape index (κ2) is 6.20. The van der Waals surface area contributed by atoms with E-state index < -0.39 is 0 Å². The van der Waals surface area contributed by atoms with Crippen LogP contribution in [0.4, 0.5) is 5.69 Å². The van der Waals surface area contributed by atoms with Gasteiger partial charge in [-0.05, 0) is 30.7 Å². The van der Waals surface area contributed by atoms with Crippen molar-refractivity contribution < 1.29 is 4.79 Å². The van der Waals surface area contributed by atoms with Gasteiger partial charge >= 0.3 is 0 Å². The van der Waals surface area contributed by atoms with Gasteiger partial charge in [-0.1, -0.05) is 15.9 Å². The van der Waals surface area contributed by atoms with Crippen molar-refractivity contribution in [1.82, 2.24) is 19.3 Å². The number of benzene rings is 1. The van der Waals surface area contributed by atoms with Gasteiger partial charge in [0.1, 0.15) is 18.3 Å². The molecule has 0 aliphatic heterocycles. The molecule has 0 aliphatic rings. The number of fused-ring (bicyclic) bond motifs is 1. The first kappa shape index (κ1) is 16.4. The average molecular weight is 390 g/mol. The van der Waals surface area contributed by atoms with E-state index >= 15 is 0 Å². The monoisotopic (exact) mass is 389 g/mol. The number of carbonyl (C=O) groups excluding carboxylic acids is 1. The van der Waals surface area contributed by atoms with Gasteiger partial charge in [-0.25, -0.2) is 4.98 Å². The van der Waals surface area contributed by atoms with E-state index in [1.807, 2.05) is 25.1 Å². The van der Waals surface area contributed by atoms with Crippen molar-refractivity contribution >= 4 is 38.6 Å². The largest absolute Gasteiger partial charge is 0.314 e. The van der Waals surface area contributed by atoms with Crippen molar-refractivity contribution in [3.05, 3.63) is 51.1 Å². The molecule has 1 aromatic carbocycles. The number of rotatable bonds is 3. The number of nitrogens with zero attached hydrogens (tertiary/aromatic N) is 5. The van der Waals surface area contributed by atoms with Crippen molar-refractivity contribution in [3.8, 4) is 0 Å². The zero-order valence-electron chi connectivity index (χ0n) is 13.5. The molecule has 0 fully saturated rings. The first-order valence-electron chi connectivity index (χ1n) is 7.28. The van der Waals surface area contributed by atoms with E-state index in [0.717, 1.165) is 15.7 Å². The molecule has 0 saturated heterocycles. The van der Waals surface area contributed by atoms with E-state index in [2.05, 4.69) is 26.0 Å². The molecule has 8 heteroatoms. The fourth-order valence-electron chi connectivity index (χ4n) is 2.56. The van der Waals surface area contributed by atoms with Crippen molar-refractivity contribution in [1.29, 1.82) is 0 Å². The van der Waals surface area contributed by atoms with Gasteiger partial charge in [-0.15, -0.1) is 0 Å². The number of halogens is 1. The lowest BCUT2D eigenvalue weighted by atomic mass is 10.2. The molecule has 1 amide bonds. The highest BCUT2D eigenvalue weighted by molar-refractivity contribution is 9.10. The summed E-state index contributed by atoms with van der Waals surface area (Å²) in [5.74, 6) is -0.201. The predicted octanol–water partition coefficient (Wildman–Crippen LogP) is 1.86. The lowest BCUT2D eigenvalue weighted by Gasteiger charge is -2.20. The summed E-state index contributed by atoms with van der Waals surface area (Å²) in [6.07, 6.45) is 2.85. The van der Waals surface area contributed by atoms with Crippen LogP contribution < -0.4 is 10.5 Å². The lowest BCUT2D eigenvalue weighted by molar-refractivity contribution is -0.118. The van der Waals surface area contributed by atoms with Crippen LogP contribution in [0.15, 0.2) is 40.0 Å². The van der Waals surface area contributed by atoms with Gasteiger partial charge in [0.2, 0.25) is 5.91 Å². The van der Waals surface area contributed by atoms with Gasteiger partial charge in [0.15, 0.2) is 5.65 Å². The van der Waals surface area contributed by atoms with Gasteiger partial charge in [0, 0.05) is 24.3 Å². The molecule has 0 aliphatic carbocycles. The fraction of sp³-hybridized carbons (Fsp3) is 0.250. The number of likely N-dealkylation sites (N-methyl/N-ethyl adjacent to an activating group) is 1. The maximum atomic E-state index is 12.5. The second-order valence-corrected chi connectivity index (χ2v) is 6.48. The molecule has 0 N–H and O–H groups in total. The molecule has 0 radical (unpaired) electrons.